The van der Waals surface area contributed by atoms with E-state index < -0.39 is 0 Å². The number of carbonyl (C=O) groups is 2. The third-order valence-electron chi connectivity index (χ3n) is 4.18. The van der Waals surface area contributed by atoms with Gasteiger partial charge in [-0.2, -0.15) is 0 Å². The van der Waals surface area contributed by atoms with Gasteiger partial charge >= 0.3 is 0 Å². The molecule has 1 aromatic heterocycles. The van der Waals surface area contributed by atoms with Gasteiger partial charge in [-0.3, -0.25) is 9.59 Å². The van der Waals surface area contributed by atoms with E-state index in [0.29, 0.717) is 12.1 Å². The molecule has 0 aliphatic carbocycles. The van der Waals surface area contributed by atoms with Crippen molar-refractivity contribution in [2.45, 2.75) is 12.8 Å². The van der Waals surface area contributed by atoms with Gasteiger partial charge in [0.2, 0.25) is 5.91 Å². The van der Waals surface area contributed by atoms with Crippen LogP contribution in [0.2, 0.25) is 0 Å². The molecule has 1 heterocycles. The Morgan fingerprint density at radius 3 is 2.57 bits per heavy atom. The van der Waals surface area contributed by atoms with Gasteiger partial charge in [0.25, 0.3) is 5.91 Å². The van der Waals surface area contributed by atoms with Crippen molar-refractivity contribution >= 4 is 17.5 Å². The highest BCUT2D eigenvalue weighted by Crippen LogP contribution is 2.25. The number of methoxy groups -OCH3 is 1. The van der Waals surface area contributed by atoms with Crippen LogP contribution in [0.1, 0.15) is 28.1 Å². The molecule has 0 aliphatic heterocycles. The predicted molar refractivity (Wildman–Crippen MR) is 107 cm³/mol. The van der Waals surface area contributed by atoms with E-state index in [4.69, 9.17) is 9.15 Å². The SMILES string of the molecule is COc1ccc(NC(=O)CCNC(=O)c2ccco2)cc1Cc1ccccc1. The van der Waals surface area contributed by atoms with Gasteiger partial charge in [0.05, 0.1) is 13.4 Å². The highest BCUT2D eigenvalue weighted by atomic mass is 16.5. The van der Waals surface area contributed by atoms with E-state index in [1.807, 2.05) is 42.5 Å². The number of rotatable bonds is 8. The average Bonchev–Trinajstić information content (AvgIpc) is 3.24. The van der Waals surface area contributed by atoms with Crippen LogP contribution >= 0.6 is 0 Å². The Morgan fingerprint density at radius 2 is 1.86 bits per heavy atom. The summed E-state index contributed by atoms with van der Waals surface area (Å²) in [6.07, 6.45) is 2.29. The summed E-state index contributed by atoms with van der Waals surface area (Å²) in [5.74, 6) is 0.469. The minimum atomic E-state index is -0.340. The summed E-state index contributed by atoms with van der Waals surface area (Å²) in [4.78, 5) is 24.0. The van der Waals surface area contributed by atoms with Crippen LogP contribution in [0, 0.1) is 0 Å². The van der Waals surface area contributed by atoms with Crippen LogP contribution in [0.25, 0.3) is 0 Å². The van der Waals surface area contributed by atoms with Crippen LogP contribution in [-0.4, -0.2) is 25.5 Å². The van der Waals surface area contributed by atoms with Crippen LogP contribution in [0.15, 0.2) is 71.3 Å². The highest BCUT2D eigenvalue weighted by Gasteiger charge is 2.10. The summed E-state index contributed by atoms with van der Waals surface area (Å²) in [5, 5.41) is 5.51. The van der Waals surface area contributed by atoms with Crippen molar-refractivity contribution in [2.75, 3.05) is 19.0 Å². The Balaban J connectivity index is 1.56. The summed E-state index contributed by atoms with van der Waals surface area (Å²) in [5.41, 5.74) is 2.83. The molecule has 0 bridgehead atoms. The molecule has 28 heavy (non-hydrogen) atoms. The topological polar surface area (TPSA) is 80.6 Å². The van der Waals surface area contributed by atoms with Gasteiger partial charge in [0.1, 0.15) is 5.75 Å². The number of nitrogens with one attached hydrogen (secondary N) is 2. The maximum atomic E-state index is 12.2. The molecule has 0 saturated heterocycles. The largest absolute Gasteiger partial charge is 0.496 e. The number of carbonyl (C=O) groups excluding carboxylic acids is 2. The molecule has 144 valence electrons. The first-order valence-corrected chi connectivity index (χ1v) is 8.98. The number of benzene rings is 2. The molecule has 0 spiro atoms. The monoisotopic (exact) mass is 378 g/mol. The van der Waals surface area contributed by atoms with E-state index >= 15 is 0 Å². The predicted octanol–water partition coefficient (Wildman–Crippen LogP) is 3.64. The number of hydrogen-bond acceptors (Lipinski definition) is 4. The molecule has 3 rings (SSSR count). The second-order valence-corrected chi connectivity index (χ2v) is 6.22. The molecular formula is C22H22N2O4. The van der Waals surface area contributed by atoms with Gasteiger partial charge in [-0.25, -0.2) is 0 Å². The molecule has 0 atom stereocenters. The second-order valence-electron chi connectivity index (χ2n) is 6.22. The normalized spacial score (nSPS) is 10.3. The van der Waals surface area contributed by atoms with Gasteiger partial charge < -0.3 is 19.8 Å². The lowest BCUT2D eigenvalue weighted by molar-refractivity contribution is -0.116. The first-order chi connectivity index (χ1) is 13.7. The van der Waals surface area contributed by atoms with Gasteiger partial charge in [-0.1, -0.05) is 30.3 Å². The first-order valence-electron chi connectivity index (χ1n) is 8.98. The molecule has 0 radical (unpaired) electrons. The zero-order chi connectivity index (χ0) is 19.8. The molecule has 6 heteroatoms. The Bertz CT molecular complexity index is 921. The van der Waals surface area contributed by atoms with Crippen molar-refractivity contribution in [3.63, 3.8) is 0 Å². The number of anilines is 1. The molecule has 2 N–H and O–H groups in total. The van der Waals surface area contributed by atoms with Crippen molar-refractivity contribution in [1.82, 2.24) is 5.32 Å². The molecule has 0 fully saturated rings. The van der Waals surface area contributed by atoms with E-state index in [1.165, 1.54) is 6.26 Å². The lowest BCUT2D eigenvalue weighted by Gasteiger charge is -2.12. The smallest absolute Gasteiger partial charge is 0.286 e. The number of amides is 2. The Labute approximate surface area is 163 Å². The molecule has 0 saturated carbocycles. The Kier molecular flexibility index (Phi) is 6.46. The highest BCUT2D eigenvalue weighted by molar-refractivity contribution is 5.93. The average molecular weight is 378 g/mol. The maximum absolute atomic E-state index is 12.2. The molecule has 2 aromatic carbocycles. The van der Waals surface area contributed by atoms with Crippen molar-refractivity contribution in [1.29, 1.82) is 0 Å². The number of ether oxygens (including phenoxy) is 1. The Morgan fingerprint density at radius 1 is 1.04 bits per heavy atom. The second kappa shape index (κ2) is 9.41. The zero-order valence-corrected chi connectivity index (χ0v) is 15.6. The van der Waals surface area contributed by atoms with E-state index in [-0.39, 0.29) is 30.5 Å². The van der Waals surface area contributed by atoms with Gasteiger partial charge in [0, 0.05) is 30.6 Å². The van der Waals surface area contributed by atoms with E-state index in [0.717, 1.165) is 16.9 Å². The van der Waals surface area contributed by atoms with Crippen molar-refractivity contribution < 1.29 is 18.7 Å². The minimum absolute atomic E-state index is 0.159. The Hall–Kier alpha value is -3.54. The third-order valence-corrected chi connectivity index (χ3v) is 4.18. The summed E-state index contributed by atoms with van der Waals surface area (Å²) in [6.45, 7) is 0.221. The molecule has 0 unspecified atom stereocenters. The van der Waals surface area contributed by atoms with Crippen LogP contribution < -0.4 is 15.4 Å². The standard InChI is InChI=1S/C22H22N2O4/c1-27-19-10-9-18(15-17(19)14-16-6-3-2-4-7-16)24-21(25)11-12-23-22(26)20-8-5-13-28-20/h2-10,13,15H,11-12,14H2,1H3,(H,23,26)(H,24,25). The van der Waals surface area contributed by atoms with Crippen molar-refractivity contribution in [3.05, 3.63) is 83.8 Å². The van der Waals surface area contributed by atoms with Crippen LogP contribution in [0.5, 0.6) is 5.75 Å². The lowest BCUT2D eigenvalue weighted by atomic mass is 10.0. The van der Waals surface area contributed by atoms with Crippen LogP contribution in [-0.2, 0) is 11.2 Å². The summed E-state index contributed by atoms with van der Waals surface area (Å²) in [7, 11) is 1.63. The molecule has 0 aliphatic rings. The van der Waals surface area contributed by atoms with E-state index in [9.17, 15) is 9.59 Å². The maximum Gasteiger partial charge on any atom is 0.286 e. The summed E-state index contributed by atoms with van der Waals surface area (Å²) >= 11 is 0. The number of hydrogen-bond donors (Lipinski definition) is 2. The van der Waals surface area contributed by atoms with E-state index in [1.54, 1.807) is 25.3 Å². The fourth-order valence-electron chi connectivity index (χ4n) is 2.82. The third kappa shape index (κ3) is 5.23. The minimum Gasteiger partial charge on any atom is -0.496 e. The van der Waals surface area contributed by atoms with Crippen LogP contribution in [0.3, 0.4) is 0 Å². The summed E-state index contributed by atoms with van der Waals surface area (Å²) in [6, 6.07) is 18.8. The fraction of sp³-hybridized carbons (Fsp3) is 0.182. The lowest BCUT2D eigenvalue weighted by Crippen LogP contribution is -2.27. The van der Waals surface area contributed by atoms with Gasteiger partial charge in [-0.15, -0.1) is 0 Å². The number of furan rings is 1. The molecule has 2 amide bonds. The van der Waals surface area contributed by atoms with Crippen LogP contribution in [0.4, 0.5) is 5.69 Å². The zero-order valence-electron chi connectivity index (χ0n) is 15.6. The van der Waals surface area contributed by atoms with Gasteiger partial charge in [0.15, 0.2) is 5.76 Å². The molecule has 3 aromatic rings. The van der Waals surface area contributed by atoms with Crippen molar-refractivity contribution in [3.8, 4) is 5.75 Å². The molecular weight excluding hydrogens is 356 g/mol. The van der Waals surface area contributed by atoms with E-state index in [2.05, 4.69) is 10.6 Å². The fourth-order valence-corrected chi connectivity index (χ4v) is 2.82. The van der Waals surface area contributed by atoms with Crippen molar-refractivity contribution in [2.24, 2.45) is 0 Å². The summed E-state index contributed by atoms with van der Waals surface area (Å²) < 4.78 is 10.4. The quantitative estimate of drug-likeness (QED) is 0.627. The first kappa shape index (κ1) is 19.2. The van der Waals surface area contributed by atoms with Gasteiger partial charge in [-0.05, 0) is 35.9 Å². The molecule has 6 nitrogen and oxygen atoms in total.